The van der Waals surface area contributed by atoms with Gasteiger partial charge in [-0.25, -0.2) is 13.2 Å². The zero-order valence-corrected chi connectivity index (χ0v) is 19.0. The summed E-state index contributed by atoms with van der Waals surface area (Å²) in [5.41, 5.74) is 0.523. The number of alkyl halides is 3. The van der Waals surface area contributed by atoms with Crippen LogP contribution in [0.15, 0.2) is 54.7 Å². The smallest absolute Gasteiger partial charge is 0.357 e. The van der Waals surface area contributed by atoms with Crippen LogP contribution in [0.3, 0.4) is 0 Å². The number of likely N-dealkylation sites (N-methyl/N-ethyl adjacent to an activating group) is 1. The zero-order valence-electron chi connectivity index (χ0n) is 19.0. The van der Waals surface area contributed by atoms with E-state index in [9.17, 15) is 31.1 Å². The molecule has 35 heavy (non-hydrogen) atoms. The van der Waals surface area contributed by atoms with Crippen molar-refractivity contribution in [2.45, 2.75) is 32.0 Å². The molecule has 0 aliphatic carbocycles. The normalized spacial score (nSPS) is 12.3. The third-order valence-electron chi connectivity index (χ3n) is 5.52. The number of amides is 1. The quantitative estimate of drug-likeness (QED) is 0.405. The summed E-state index contributed by atoms with van der Waals surface area (Å²) in [5, 5.41) is 2.51. The van der Waals surface area contributed by atoms with Crippen LogP contribution >= 0.6 is 0 Å². The van der Waals surface area contributed by atoms with Gasteiger partial charge in [-0.15, -0.1) is 0 Å². The van der Waals surface area contributed by atoms with E-state index in [-0.39, 0.29) is 12.1 Å². The Morgan fingerprint density at radius 2 is 1.71 bits per heavy atom. The SMILES string of the molecule is CNC(=O)[C@@H](c1ccc(F)c(F)c1)N(CCCc1ccc(C(F)(F)F)nc1)c1ccc(F)c(C)c1. The van der Waals surface area contributed by atoms with Crippen molar-refractivity contribution in [2.24, 2.45) is 0 Å². The lowest BCUT2D eigenvalue weighted by atomic mass is 10.0. The van der Waals surface area contributed by atoms with Crippen LogP contribution in [0.2, 0.25) is 0 Å². The van der Waals surface area contributed by atoms with E-state index in [0.717, 1.165) is 24.4 Å². The number of pyridine rings is 1. The molecule has 0 saturated heterocycles. The lowest BCUT2D eigenvalue weighted by molar-refractivity contribution is -0.141. The molecule has 0 aliphatic rings. The second-order valence-electron chi connectivity index (χ2n) is 7.97. The zero-order chi connectivity index (χ0) is 25.8. The summed E-state index contributed by atoms with van der Waals surface area (Å²) < 4.78 is 79.8. The highest BCUT2D eigenvalue weighted by atomic mass is 19.4. The van der Waals surface area contributed by atoms with Gasteiger partial charge in [0, 0.05) is 25.5 Å². The van der Waals surface area contributed by atoms with Gasteiger partial charge < -0.3 is 10.2 Å². The molecule has 1 aromatic heterocycles. The average Bonchev–Trinajstić information content (AvgIpc) is 2.82. The van der Waals surface area contributed by atoms with Crippen molar-refractivity contribution in [3.05, 3.63) is 94.6 Å². The molecule has 1 heterocycles. The van der Waals surface area contributed by atoms with Gasteiger partial charge in [-0.3, -0.25) is 9.78 Å². The molecule has 1 amide bonds. The van der Waals surface area contributed by atoms with Crippen molar-refractivity contribution in [1.29, 1.82) is 0 Å². The maximum atomic E-state index is 14.0. The molecule has 3 rings (SSSR count). The van der Waals surface area contributed by atoms with Crippen LogP contribution < -0.4 is 10.2 Å². The van der Waals surface area contributed by atoms with Crippen LogP contribution in [0, 0.1) is 24.4 Å². The Morgan fingerprint density at radius 3 is 2.29 bits per heavy atom. The molecule has 0 unspecified atom stereocenters. The van der Waals surface area contributed by atoms with E-state index in [1.807, 2.05) is 0 Å². The molecule has 0 fully saturated rings. The molecule has 0 saturated carbocycles. The van der Waals surface area contributed by atoms with Crippen molar-refractivity contribution >= 4 is 11.6 Å². The Bertz CT molecular complexity index is 1180. The molecule has 10 heteroatoms. The molecule has 4 nitrogen and oxygen atoms in total. The molecule has 0 radical (unpaired) electrons. The predicted molar refractivity (Wildman–Crippen MR) is 119 cm³/mol. The summed E-state index contributed by atoms with van der Waals surface area (Å²) >= 11 is 0. The van der Waals surface area contributed by atoms with Crippen molar-refractivity contribution in [1.82, 2.24) is 10.3 Å². The first-order chi connectivity index (χ1) is 16.5. The minimum Gasteiger partial charge on any atom is -0.357 e. The Hall–Kier alpha value is -3.56. The topological polar surface area (TPSA) is 45.2 Å². The number of rotatable bonds is 8. The van der Waals surface area contributed by atoms with Crippen LogP contribution in [0.4, 0.5) is 32.0 Å². The third-order valence-corrected chi connectivity index (χ3v) is 5.52. The molecule has 0 spiro atoms. The number of nitrogens with zero attached hydrogens (tertiary/aromatic N) is 2. The summed E-state index contributed by atoms with van der Waals surface area (Å²) in [5.74, 6) is -3.14. The summed E-state index contributed by atoms with van der Waals surface area (Å²) in [6.45, 7) is 1.75. The Kier molecular flexibility index (Phi) is 8.03. The van der Waals surface area contributed by atoms with Crippen molar-refractivity contribution in [3.8, 4) is 0 Å². The second-order valence-corrected chi connectivity index (χ2v) is 7.97. The standard InChI is InChI=1S/C25H23F6N3O/c1-15-12-18(7-9-19(15)26)34(11-3-4-16-5-10-22(33-14-16)25(29,30)31)23(24(35)32-2)17-6-8-20(27)21(28)13-17/h5-10,12-14,23H,3-4,11H2,1-2H3,(H,32,35)/t23-/m1/s1. The highest BCUT2D eigenvalue weighted by molar-refractivity contribution is 5.86. The summed E-state index contributed by atoms with van der Waals surface area (Å²) in [7, 11) is 1.40. The minimum absolute atomic E-state index is 0.182. The number of carbonyl (C=O) groups is 1. The van der Waals surface area contributed by atoms with Gasteiger partial charge in [0.2, 0.25) is 5.91 Å². The van der Waals surface area contributed by atoms with Crippen LogP contribution in [0.25, 0.3) is 0 Å². The number of halogens is 6. The molecule has 2 aromatic carbocycles. The van der Waals surface area contributed by atoms with E-state index < -0.39 is 41.3 Å². The van der Waals surface area contributed by atoms with E-state index in [0.29, 0.717) is 29.7 Å². The van der Waals surface area contributed by atoms with Gasteiger partial charge in [0.15, 0.2) is 11.6 Å². The minimum atomic E-state index is -4.54. The monoisotopic (exact) mass is 495 g/mol. The van der Waals surface area contributed by atoms with Crippen molar-refractivity contribution in [3.63, 3.8) is 0 Å². The number of aromatic nitrogens is 1. The average molecular weight is 495 g/mol. The van der Waals surface area contributed by atoms with Crippen molar-refractivity contribution in [2.75, 3.05) is 18.5 Å². The molecular weight excluding hydrogens is 472 g/mol. The number of benzene rings is 2. The second kappa shape index (κ2) is 10.8. The number of hydrogen-bond donors (Lipinski definition) is 1. The van der Waals surface area contributed by atoms with E-state index in [4.69, 9.17) is 0 Å². The van der Waals surface area contributed by atoms with Gasteiger partial charge in [0.25, 0.3) is 0 Å². The lowest BCUT2D eigenvalue weighted by Gasteiger charge is -2.33. The molecule has 0 bridgehead atoms. The first-order valence-corrected chi connectivity index (χ1v) is 10.7. The third kappa shape index (κ3) is 6.32. The van der Waals surface area contributed by atoms with Gasteiger partial charge in [-0.1, -0.05) is 12.1 Å². The fraction of sp³-hybridized carbons (Fsp3) is 0.280. The number of hydrogen-bond acceptors (Lipinski definition) is 3. The van der Waals surface area contributed by atoms with E-state index >= 15 is 0 Å². The molecule has 3 aromatic rings. The first-order valence-electron chi connectivity index (χ1n) is 10.7. The Morgan fingerprint density at radius 1 is 1.00 bits per heavy atom. The number of aryl methyl sites for hydroxylation is 2. The fourth-order valence-corrected chi connectivity index (χ4v) is 3.70. The van der Waals surface area contributed by atoms with Gasteiger partial charge >= 0.3 is 6.18 Å². The van der Waals surface area contributed by atoms with Crippen LogP contribution in [-0.2, 0) is 17.4 Å². The van der Waals surface area contributed by atoms with Gasteiger partial charge in [0.1, 0.15) is 17.6 Å². The summed E-state index contributed by atoms with van der Waals surface area (Å²) in [6.07, 6.45) is -2.69. The van der Waals surface area contributed by atoms with Crippen LogP contribution in [0.1, 0.15) is 34.8 Å². The van der Waals surface area contributed by atoms with E-state index in [1.54, 1.807) is 11.8 Å². The number of carbonyl (C=O) groups excluding carboxylic acids is 1. The summed E-state index contributed by atoms with van der Waals surface area (Å²) in [4.78, 5) is 17.9. The maximum absolute atomic E-state index is 14.0. The van der Waals surface area contributed by atoms with Gasteiger partial charge in [-0.05, 0) is 72.9 Å². The fourth-order valence-electron chi connectivity index (χ4n) is 3.70. The van der Waals surface area contributed by atoms with Crippen LogP contribution in [-0.4, -0.2) is 24.5 Å². The Labute approximate surface area is 198 Å². The van der Waals surface area contributed by atoms with Gasteiger partial charge in [0.05, 0.1) is 0 Å². The lowest BCUT2D eigenvalue weighted by Crippen LogP contribution is -2.40. The van der Waals surface area contributed by atoms with Crippen LogP contribution in [0.5, 0.6) is 0 Å². The van der Waals surface area contributed by atoms with Crippen molar-refractivity contribution < 1.29 is 31.1 Å². The molecule has 0 aliphatic heterocycles. The maximum Gasteiger partial charge on any atom is 0.433 e. The highest BCUT2D eigenvalue weighted by Gasteiger charge is 2.32. The molecule has 186 valence electrons. The largest absolute Gasteiger partial charge is 0.433 e. The number of nitrogens with one attached hydrogen (secondary N) is 1. The molecular formula is C25H23F6N3O. The van der Waals surface area contributed by atoms with E-state index in [1.165, 1.54) is 37.4 Å². The summed E-state index contributed by atoms with van der Waals surface area (Å²) in [6, 6.07) is 8.53. The molecule has 1 atom stereocenters. The highest BCUT2D eigenvalue weighted by Crippen LogP contribution is 2.31. The van der Waals surface area contributed by atoms with Gasteiger partial charge in [-0.2, -0.15) is 13.2 Å². The first kappa shape index (κ1) is 26.1. The Balaban J connectivity index is 1.92. The number of anilines is 1. The van der Waals surface area contributed by atoms with E-state index in [2.05, 4.69) is 10.3 Å². The predicted octanol–water partition coefficient (Wildman–Crippen LogP) is 5.75. The molecule has 1 N–H and O–H groups in total.